The first-order chi connectivity index (χ1) is 12.1. The Balaban J connectivity index is 1.66. The van der Waals surface area contributed by atoms with E-state index in [9.17, 15) is 9.18 Å². The number of amides is 1. The van der Waals surface area contributed by atoms with Gasteiger partial charge in [-0.05, 0) is 30.7 Å². The monoisotopic (exact) mass is 353 g/mol. The number of aromatic nitrogens is 4. The maximum absolute atomic E-state index is 13.8. The predicted molar refractivity (Wildman–Crippen MR) is 93.2 cm³/mol. The fourth-order valence-electron chi connectivity index (χ4n) is 2.34. The van der Waals surface area contributed by atoms with Crippen molar-refractivity contribution < 1.29 is 9.18 Å². The molecule has 1 amide bonds. The predicted octanol–water partition coefficient (Wildman–Crippen LogP) is 3.55. The van der Waals surface area contributed by atoms with E-state index in [-0.39, 0.29) is 11.7 Å². The van der Waals surface area contributed by atoms with Crippen molar-refractivity contribution in [1.82, 2.24) is 19.8 Å². The third-order valence-corrected chi connectivity index (χ3v) is 4.49. The summed E-state index contributed by atoms with van der Waals surface area (Å²) in [7, 11) is 0. The first-order valence-corrected chi connectivity index (χ1v) is 8.28. The van der Waals surface area contributed by atoms with Crippen LogP contribution in [0.15, 0.2) is 48.5 Å². The van der Waals surface area contributed by atoms with Crippen molar-refractivity contribution in [1.29, 1.82) is 0 Å². The molecule has 2 heterocycles. The van der Waals surface area contributed by atoms with Crippen LogP contribution >= 0.6 is 11.3 Å². The van der Waals surface area contributed by atoms with Gasteiger partial charge in [0, 0.05) is 11.1 Å². The Hall–Kier alpha value is -3.13. The molecule has 4 aromatic rings. The quantitative estimate of drug-likeness (QED) is 0.611. The summed E-state index contributed by atoms with van der Waals surface area (Å²) < 4.78 is 15.3. The van der Waals surface area contributed by atoms with Crippen LogP contribution in [0.2, 0.25) is 0 Å². The van der Waals surface area contributed by atoms with Crippen LogP contribution in [0, 0.1) is 12.7 Å². The van der Waals surface area contributed by atoms with Crippen LogP contribution in [0.25, 0.3) is 16.3 Å². The van der Waals surface area contributed by atoms with Crippen LogP contribution in [0.5, 0.6) is 0 Å². The average molecular weight is 353 g/mol. The number of fused-ring (bicyclic) bond motifs is 1. The molecule has 0 aliphatic rings. The van der Waals surface area contributed by atoms with Gasteiger partial charge in [-0.1, -0.05) is 41.7 Å². The maximum atomic E-state index is 13.8. The molecule has 0 saturated heterocycles. The zero-order chi connectivity index (χ0) is 17.4. The van der Waals surface area contributed by atoms with E-state index in [4.69, 9.17) is 0 Å². The molecule has 25 heavy (non-hydrogen) atoms. The second-order valence-corrected chi connectivity index (χ2v) is 6.37. The Kier molecular flexibility index (Phi) is 3.73. The zero-order valence-electron chi connectivity index (χ0n) is 13.1. The van der Waals surface area contributed by atoms with E-state index < -0.39 is 0 Å². The van der Waals surface area contributed by atoms with Gasteiger partial charge in [0.2, 0.25) is 10.1 Å². The van der Waals surface area contributed by atoms with Crippen molar-refractivity contribution in [3.63, 3.8) is 0 Å². The van der Waals surface area contributed by atoms with E-state index >= 15 is 0 Å². The summed E-state index contributed by atoms with van der Waals surface area (Å²) in [5, 5.41) is 15.6. The topological polar surface area (TPSA) is 72.2 Å². The molecule has 2 aromatic carbocycles. The summed E-state index contributed by atoms with van der Waals surface area (Å²) in [6.45, 7) is 1.69. The second-order valence-electron chi connectivity index (χ2n) is 5.41. The van der Waals surface area contributed by atoms with Crippen LogP contribution < -0.4 is 5.32 Å². The third-order valence-electron chi connectivity index (χ3n) is 3.68. The molecule has 0 radical (unpaired) electrons. The Morgan fingerprint density at radius 2 is 1.96 bits per heavy atom. The highest BCUT2D eigenvalue weighted by molar-refractivity contribution is 7.20. The first kappa shape index (κ1) is 15.4. The smallest absolute Gasteiger partial charge is 0.257 e. The number of nitrogens with one attached hydrogen (secondary N) is 1. The minimum Gasteiger partial charge on any atom is -0.296 e. The molecule has 6 nitrogen and oxygen atoms in total. The molecule has 2 aromatic heterocycles. The standard InChI is InChI=1S/C17H12FN5OS/c1-10-7-8-12(9-13(10)18)14-20-21-17-23(14)22-16(25-17)19-15(24)11-5-3-2-4-6-11/h2-9H,1H3,(H,19,22,24). The van der Waals surface area contributed by atoms with Crippen molar-refractivity contribution in [2.45, 2.75) is 6.92 Å². The van der Waals surface area contributed by atoms with Gasteiger partial charge in [0.25, 0.3) is 5.91 Å². The number of rotatable bonds is 3. The van der Waals surface area contributed by atoms with Crippen molar-refractivity contribution in [2.75, 3.05) is 5.32 Å². The highest BCUT2D eigenvalue weighted by atomic mass is 32.1. The van der Waals surface area contributed by atoms with Gasteiger partial charge in [-0.15, -0.1) is 15.3 Å². The minimum atomic E-state index is -0.318. The van der Waals surface area contributed by atoms with E-state index in [0.717, 1.165) is 0 Å². The fourth-order valence-corrected chi connectivity index (χ4v) is 3.07. The average Bonchev–Trinajstić information content (AvgIpc) is 3.18. The van der Waals surface area contributed by atoms with Crippen molar-refractivity contribution in [3.8, 4) is 11.4 Å². The number of benzene rings is 2. The molecule has 8 heteroatoms. The van der Waals surface area contributed by atoms with Gasteiger partial charge in [0.15, 0.2) is 5.82 Å². The Morgan fingerprint density at radius 3 is 2.72 bits per heavy atom. The van der Waals surface area contributed by atoms with E-state index in [1.165, 1.54) is 21.9 Å². The van der Waals surface area contributed by atoms with Gasteiger partial charge in [-0.3, -0.25) is 10.1 Å². The number of halogens is 1. The minimum absolute atomic E-state index is 0.256. The van der Waals surface area contributed by atoms with E-state index in [1.54, 1.807) is 43.3 Å². The molecule has 0 spiro atoms. The number of nitrogens with zero attached hydrogens (tertiary/aromatic N) is 4. The molecule has 0 unspecified atom stereocenters. The van der Waals surface area contributed by atoms with Gasteiger partial charge < -0.3 is 0 Å². The molecule has 0 bridgehead atoms. The molecule has 0 fully saturated rings. The van der Waals surface area contributed by atoms with Gasteiger partial charge >= 0.3 is 0 Å². The van der Waals surface area contributed by atoms with Crippen molar-refractivity contribution in [3.05, 3.63) is 65.5 Å². The zero-order valence-corrected chi connectivity index (χ0v) is 13.9. The van der Waals surface area contributed by atoms with Gasteiger partial charge in [0.1, 0.15) is 5.82 Å². The summed E-state index contributed by atoms with van der Waals surface area (Å²) in [6.07, 6.45) is 0. The number of anilines is 1. The van der Waals surface area contributed by atoms with Crippen LogP contribution in [-0.4, -0.2) is 25.7 Å². The molecule has 4 rings (SSSR count). The molecular weight excluding hydrogens is 341 g/mol. The Bertz CT molecular complexity index is 1070. The van der Waals surface area contributed by atoms with Crippen molar-refractivity contribution >= 4 is 27.3 Å². The summed E-state index contributed by atoms with van der Waals surface area (Å²) in [6, 6.07) is 13.7. The lowest BCUT2D eigenvalue weighted by Crippen LogP contribution is -2.11. The molecule has 1 N–H and O–H groups in total. The molecule has 0 atom stereocenters. The normalized spacial score (nSPS) is 11.0. The number of aryl methyl sites for hydroxylation is 1. The molecule has 0 aliphatic carbocycles. The maximum Gasteiger partial charge on any atom is 0.257 e. The molecule has 124 valence electrons. The molecular formula is C17H12FN5OS. The Labute approximate surface area is 146 Å². The fraction of sp³-hybridized carbons (Fsp3) is 0.0588. The third kappa shape index (κ3) is 2.87. The first-order valence-electron chi connectivity index (χ1n) is 7.47. The number of carbonyl (C=O) groups excluding carboxylic acids is 1. The lowest BCUT2D eigenvalue weighted by Gasteiger charge is -2.01. The van der Waals surface area contributed by atoms with Gasteiger partial charge in [0.05, 0.1) is 0 Å². The van der Waals surface area contributed by atoms with E-state index in [2.05, 4.69) is 20.6 Å². The summed E-state index contributed by atoms with van der Waals surface area (Å²) in [5.74, 6) is -0.152. The highest BCUT2D eigenvalue weighted by Gasteiger charge is 2.16. The van der Waals surface area contributed by atoms with Crippen LogP contribution in [0.4, 0.5) is 9.52 Å². The number of hydrogen-bond donors (Lipinski definition) is 1. The lowest BCUT2D eigenvalue weighted by molar-refractivity contribution is 0.102. The van der Waals surface area contributed by atoms with E-state index in [0.29, 0.717) is 32.6 Å². The number of hydrogen-bond acceptors (Lipinski definition) is 5. The molecule has 0 aliphatic heterocycles. The second kappa shape index (κ2) is 6.06. The number of carbonyl (C=O) groups is 1. The molecule has 0 saturated carbocycles. The highest BCUT2D eigenvalue weighted by Crippen LogP contribution is 2.25. The summed E-state index contributed by atoms with van der Waals surface area (Å²) >= 11 is 1.20. The largest absolute Gasteiger partial charge is 0.296 e. The lowest BCUT2D eigenvalue weighted by atomic mass is 10.1. The van der Waals surface area contributed by atoms with Gasteiger partial charge in [-0.25, -0.2) is 4.39 Å². The van der Waals surface area contributed by atoms with E-state index in [1.807, 2.05) is 6.07 Å². The van der Waals surface area contributed by atoms with Gasteiger partial charge in [-0.2, -0.15) is 4.52 Å². The summed E-state index contributed by atoms with van der Waals surface area (Å²) in [5.41, 5.74) is 1.66. The van der Waals surface area contributed by atoms with Crippen LogP contribution in [-0.2, 0) is 0 Å². The Morgan fingerprint density at radius 1 is 1.16 bits per heavy atom. The van der Waals surface area contributed by atoms with Crippen LogP contribution in [0.3, 0.4) is 0 Å². The van der Waals surface area contributed by atoms with Crippen molar-refractivity contribution in [2.24, 2.45) is 0 Å². The van der Waals surface area contributed by atoms with Crippen LogP contribution in [0.1, 0.15) is 15.9 Å². The SMILES string of the molecule is Cc1ccc(-c2nnc3sc(NC(=O)c4ccccc4)nn23)cc1F. The summed E-state index contributed by atoms with van der Waals surface area (Å²) in [4.78, 5) is 12.7.